The fourth-order valence-corrected chi connectivity index (χ4v) is 3.48. The van der Waals surface area contributed by atoms with Crippen LogP contribution in [-0.2, 0) is 4.79 Å². The van der Waals surface area contributed by atoms with Gasteiger partial charge in [-0.2, -0.15) is 0 Å². The lowest BCUT2D eigenvalue weighted by Crippen LogP contribution is -2.40. The first kappa shape index (κ1) is 13.4. The first-order valence-electron chi connectivity index (χ1n) is 6.27. The zero-order valence-corrected chi connectivity index (χ0v) is 11.6. The second kappa shape index (κ2) is 5.76. The Bertz CT molecular complexity index is 414. The van der Waals surface area contributed by atoms with Crippen molar-refractivity contribution in [3.05, 3.63) is 35.4 Å². The number of hydrogen-bond acceptors (Lipinski definition) is 3. The van der Waals surface area contributed by atoms with Gasteiger partial charge in [0.25, 0.3) is 0 Å². The summed E-state index contributed by atoms with van der Waals surface area (Å²) in [5.41, 5.74) is 2.36. The smallest absolute Gasteiger partial charge is 0.234 e. The van der Waals surface area contributed by atoms with Gasteiger partial charge in [0.15, 0.2) is 0 Å². The van der Waals surface area contributed by atoms with Gasteiger partial charge < -0.3 is 10.0 Å². The molecule has 1 aromatic rings. The number of rotatable bonds is 4. The van der Waals surface area contributed by atoms with Crippen LogP contribution in [0.5, 0.6) is 0 Å². The van der Waals surface area contributed by atoms with Gasteiger partial charge in [-0.05, 0) is 18.9 Å². The highest BCUT2D eigenvalue weighted by Gasteiger charge is 2.36. The number of amides is 1. The number of nitrogens with zero attached hydrogens (tertiary/aromatic N) is 1. The lowest BCUT2D eigenvalue weighted by molar-refractivity contribution is -0.131. The first-order valence-corrected chi connectivity index (χ1v) is 7.32. The van der Waals surface area contributed by atoms with Gasteiger partial charge in [0.2, 0.25) is 5.91 Å². The molecule has 3 nitrogen and oxygen atoms in total. The highest BCUT2D eigenvalue weighted by molar-refractivity contribution is 8.00. The molecule has 1 N–H and O–H groups in total. The normalized spacial score (nSPS) is 21.4. The summed E-state index contributed by atoms with van der Waals surface area (Å²) in [4.78, 5) is 13.8. The number of aliphatic hydroxyl groups is 1. The monoisotopic (exact) mass is 265 g/mol. The summed E-state index contributed by atoms with van der Waals surface area (Å²) in [7, 11) is 0. The number of aliphatic hydroxyl groups excluding tert-OH is 1. The third kappa shape index (κ3) is 2.54. The van der Waals surface area contributed by atoms with E-state index in [9.17, 15) is 9.90 Å². The SMILES string of the molecule is CC[C@H](CO)N1C(=O)CS[C@H]1c1ccc(C)cc1. The van der Waals surface area contributed by atoms with Crippen molar-refractivity contribution in [1.82, 2.24) is 4.90 Å². The van der Waals surface area contributed by atoms with Crippen LogP contribution in [-0.4, -0.2) is 34.3 Å². The summed E-state index contributed by atoms with van der Waals surface area (Å²) in [6, 6.07) is 8.21. The molecule has 2 rings (SSSR count). The molecule has 1 saturated heterocycles. The summed E-state index contributed by atoms with van der Waals surface area (Å²) >= 11 is 1.64. The van der Waals surface area contributed by atoms with Crippen molar-refractivity contribution < 1.29 is 9.90 Å². The fourth-order valence-electron chi connectivity index (χ4n) is 2.23. The van der Waals surface area contributed by atoms with E-state index in [2.05, 4.69) is 31.2 Å². The largest absolute Gasteiger partial charge is 0.394 e. The molecule has 0 radical (unpaired) electrons. The van der Waals surface area contributed by atoms with Gasteiger partial charge >= 0.3 is 0 Å². The van der Waals surface area contributed by atoms with E-state index in [4.69, 9.17) is 0 Å². The van der Waals surface area contributed by atoms with Crippen molar-refractivity contribution in [2.45, 2.75) is 31.7 Å². The van der Waals surface area contributed by atoms with Gasteiger partial charge in [0, 0.05) is 0 Å². The lowest BCUT2D eigenvalue weighted by Gasteiger charge is -2.31. The van der Waals surface area contributed by atoms with Gasteiger partial charge in [-0.1, -0.05) is 36.8 Å². The minimum Gasteiger partial charge on any atom is -0.394 e. The van der Waals surface area contributed by atoms with Gasteiger partial charge in [-0.15, -0.1) is 11.8 Å². The lowest BCUT2D eigenvalue weighted by atomic mass is 10.1. The van der Waals surface area contributed by atoms with Crippen molar-refractivity contribution in [1.29, 1.82) is 0 Å². The van der Waals surface area contributed by atoms with Crippen LogP contribution in [0.1, 0.15) is 29.8 Å². The maximum Gasteiger partial charge on any atom is 0.234 e. The average molecular weight is 265 g/mol. The van der Waals surface area contributed by atoms with Crippen LogP contribution in [0.15, 0.2) is 24.3 Å². The summed E-state index contributed by atoms with van der Waals surface area (Å²) < 4.78 is 0. The zero-order chi connectivity index (χ0) is 13.1. The number of carbonyl (C=O) groups is 1. The number of aryl methyl sites for hydroxylation is 1. The van der Waals surface area contributed by atoms with E-state index in [0.29, 0.717) is 5.75 Å². The number of carbonyl (C=O) groups excluding carboxylic acids is 1. The minimum absolute atomic E-state index is 0.0329. The van der Waals surface area contributed by atoms with Crippen molar-refractivity contribution in [2.24, 2.45) is 0 Å². The average Bonchev–Trinajstić information content (AvgIpc) is 2.75. The molecule has 0 spiro atoms. The van der Waals surface area contributed by atoms with E-state index >= 15 is 0 Å². The standard InChI is InChI=1S/C14H19NO2S/c1-3-12(8-16)15-13(17)9-18-14(15)11-6-4-10(2)5-7-11/h4-7,12,14,16H,3,8-9H2,1-2H3/t12-,14+/m1/s1. The molecule has 0 unspecified atom stereocenters. The molecule has 1 heterocycles. The molecule has 1 amide bonds. The maximum absolute atomic E-state index is 12.0. The first-order chi connectivity index (χ1) is 8.67. The molecular formula is C14H19NO2S. The van der Waals surface area contributed by atoms with Crippen molar-refractivity contribution in [3.63, 3.8) is 0 Å². The Kier molecular flexibility index (Phi) is 4.30. The van der Waals surface area contributed by atoms with E-state index in [0.717, 1.165) is 12.0 Å². The molecule has 0 aliphatic carbocycles. The Hall–Kier alpha value is -1.00. The van der Waals surface area contributed by atoms with E-state index in [-0.39, 0.29) is 23.9 Å². The summed E-state index contributed by atoms with van der Waals surface area (Å²) in [6.07, 6.45) is 0.783. The van der Waals surface area contributed by atoms with Crippen LogP contribution in [0.25, 0.3) is 0 Å². The Morgan fingerprint density at radius 1 is 1.44 bits per heavy atom. The number of hydrogen-bond donors (Lipinski definition) is 1. The van der Waals surface area contributed by atoms with E-state index in [1.54, 1.807) is 11.8 Å². The predicted octanol–water partition coefficient (Wildman–Crippen LogP) is 2.34. The van der Waals surface area contributed by atoms with Crippen LogP contribution >= 0.6 is 11.8 Å². The topological polar surface area (TPSA) is 40.5 Å². The molecule has 0 bridgehead atoms. The molecule has 98 valence electrons. The Morgan fingerprint density at radius 2 is 2.11 bits per heavy atom. The predicted molar refractivity (Wildman–Crippen MR) is 74.4 cm³/mol. The summed E-state index contributed by atoms with van der Waals surface area (Å²) in [5.74, 6) is 0.640. The molecule has 1 fully saturated rings. The van der Waals surface area contributed by atoms with Crippen LogP contribution in [0.2, 0.25) is 0 Å². The van der Waals surface area contributed by atoms with E-state index < -0.39 is 0 Å². The van der Waals surface area contributed by atoms with Gasteiger partial charge in [0.1, 0.15) is 5.37 Å². The molecule has 0 aromatic heterocycles. The molecular weight excluding hydrogens is 246 g/mol. The minimum atomic E-state index is -0.0706. The van der Waals surface area contributed by atoms with E-state index in [1.807, 2.05) is 11.8 Å². The van der Waals surface area contributed by atoms with Crippen molar-refractivity contribution in [2.75, 3.05) is 12.4 Å². The second-order valence-electron chi connectivity index (χ2n) is 4.62. The highest BCUT2D eigenvalue weighted by atomic mass is 32.2. The third-order valence-corrected chi connectivity index (χ3v) is 4.57. The van der Waals surface area contributed by atoms with Gasteiger partial charge in [-0.25, -0.2) is 0 Å². The summed E-state index contributed by atoms with van der Waals surface area (Å²) in [5, 5.41) is 9.46. The molecule has 4 heteroatoms. The van der Waals surface area contributed by atoms with Crippen LogP contribution in [0.4, 0.5) is 0 Å². The van der Waals surface area contributed by atoms with Crippen molar-refractivity contribution >= 4 is 17.7 Å². The second-order valence-corrected chi connectivity index (χ2v) is 5.69. The molecule has 1 aliphatic rings. The molecule has 1 aliphatic heterocycles. The van der Waals surface area contributed by atoms with E-state index in [1.165, 1.54) is 5.56 Å². The molecule has 2 atom stereocenters. The Labute approximate surface area is 112 Å². The maximum atomic E-state index is 12.0. The Balaban J connectivity index is 2.26. The number of benzene rings is 1. The molecule has 18 heavy (non-hydrogen) atoms. The van der Waals surface area contributed by atoms with Crippen LogP contribution in [0, 0.1) is 6.92 Å². The quantitative estimate of drug-likeness (QED) is 0.908. The van der Waals surface area contributed by atoms with Crippen LogP contribution < -0.4 is 0 Å². The van der Waals surface area contributed by atoms with Gasteiger partial charge in [-0.3, -0.25) is 4.79 Å². The summed E-state index contributed by atoms with van der Waals surface area (Å²) in [6.45, 7) is 4.09. The molecule has 0 saturated carbocycles. The highest BCUT2D eigenvalue weighted by Crippen LogP contribution is 2.40. The Morgan fingerprint density at radius 3 is 2.67 bits per heavy atom. The van der Waals surface area contributed by atoms with Gasteiger partial charge in [0.05, 0.1) is 18.4 Å². The molecule has 1 aromatic carbocycles. The zero-order valence-electron chi connectivity index (χ0n) is 10.8. The fraction of sp³-hybridized carbons (Fsp3) is 0.500. The third-order valence-electron chi connectivity index (χ3n) is 3.34. The number of thioether (sulfide) groups is 1. The van der Waals surface area contributed by atoms with Crippen LogP contribution in [0.3, 0.4) is 0 Å². The van der Waals surface area contributed by atoms with Crippen molar-refractivity contribution in [3.8, 4) is 0 Å².